The lowest BCUT2D eigenvalue weighted by molar-refractivity contribution is -0.119. The largest absolute Gasteiger partial charge is 0.324 e. The predicted molar refractivity (Wildman–Crippen MR) is 88.2 cm³/mol. The Hall–Kier alpha value is -2.70. The highest BCUT2D eigenvalue weighted by molar-refractivity contribution is 5.94. The third-order valence-electron chi connectivity index (χ3n) is 4.11. The topological polar surface area (TPSA) is 99.3 Å². The molecule has 0 saturated carbocycles. The Morgan fingerprint density at radius 2 is 1.96 bits per heavy atom. The van der Waals surface area contributed by atoms with Gasteiger partial charge in [0.15, 0.2) is 5.65 Å². The van der Waals surface area contributed by atoms with Crippen LogP contribution in [-0.4, -0.2) is 31.3 Å². The van der Waals surface area contributed by atoms with Crippen molar-refractivity contribution in [2.75, 3.05) is 5.32 Å². The second-order valence-corrected chi connectivity index (χ2v) is 5.95. The number of aromatic amines is 2. The number of nitrogens with zero attached hydrogens (tertiary/aromatic N) is 3. The second-order valence-electron chi connectivity index (χ2n) is 5.95. The molecule has 0 aliphatic rings. The van der Waals surface area contributed by atoms with Crippen LogP contribution in [0.3, 0.4) is 0 Å². The lowest BCUT2D eigenvalue weighted by Gasteiger charge is -2.12. The summed E-state index contributed by atoms with van der Waals surface area (Å²) >= 11 is 0. The van der Waals surface area contributed by atoms with E-state index in [1.807, 2.05) is 33.8 Å². The number of hydrogen-bond donors (Lipinski definition) is 3. The average molecular weight is 312 g/mol. The van der Waals surface area contributed by atoms with E-state index < -0.39 is 0 Å². The summed E-state index contributed by atoms with van der Waals surface area (Å²) < 4.78 is 0. The Morgan fingerprint density at radius 1 is 1.22 bits per heavy atom. The zero-order valence-corrected chi connectivity index (χ0v) is 13.7. The van der Waals surface area contributed by atoms with Gasteiger partial charge in [-0.15, -0.1) is 0 Å². The van der Waals surface area contributed by atoms with Crippen LogP contribution in [0, 0.1) is 26.7 Å². The van der Waals surface area contributed by atoms with Gasteiger partial charge in [0.1, 0.15) is 0 Å². The summed E-state index contributed by atoms with van der Waals surface area (Å²) in [4.78, 5) is 16.7. The highest BCUT2D eigenvalue weighted by Gasteiger charge is 2.18. The van der Waals surface area contributed by atoms with Crippen molar-refractivity contribution in [2.45, 2.75) is 34.1 Å². The van der Waals surface area contributed by atoms with Gasteiger partial charge < -0.3 is 5.32 Å². The maximum atomic E-state index is 12.4. The fourth-order valence-electron chi connectivity index (χ4n) is 2.63. The molecule has 1 amide bonds. The van der Waals surface area contributed by atoms with Gasteiger partial charge in [-0.1, -0.05) is 6.92 Å². The first kappa shape index (κ1) is 15.2. The molecule has 23 heavy (non-hydrogen) atoms. The van der Waals surface area contributed by atoms with E-state index in [-0.39, 0.29) is 11.8 Å². The highest BCUT2D eigenvalue weighted by atomic mass is 16.1. The molecule has 3 heterocycles. The SMILES string of the molecule is Cc1n[nH]c(C)c1CC(C)C(=O)Nc1cnc2n[nH]c(C)c2c1. The normalized spacial score (nSPS) is 12.5. The fraction of sp³-hybridized carbons (Fsp3) is 0.375. The van der Waals surface area contributed by atoms with E-state index in [1.165, 1.54) is 0 Å². The summed E-state index contributed by atoms with van der Waals surface area (Å²) in [5.74, 6) is -0.196. The minimum Gasteiger partial charge on any atom is -0.324 e. The molecular formula is C16H20N6O. The molecule has 0 spiro atoms. The Balaban J connectivity index is 1.73. The van der Waals surface area contributed by atoms with Crippen LogP contribution in [0.1, 0.15) is 29.6 Å². The van der Waals surface area contributed by atoms with E-state index in [2.05, 4.69) is 30.7 Å². The van der Waals surface area contributed by atoms with Crippen LogP contribution in [-0.2, 0) is 11.2 Å². The van der Waals surface area contributed by atoms with Crippen molar-refractivity contribution in [1.82, 2.24) is 25.4 Å². The van der Waals surface area contributed by atoms with Crippen LogP contribution in [0.5, 0.6) is 0 Å². The Bertz CT molecular complexity index is 843. The molecule has 1 atom stereocenters. The molecule has 120 valence electrons. The first-order chi connectivity index (χ1) is 11.0. The summed E-state index contributed by atoms with van der Waals surface area (Å²) in [5, 5.41) is 17.9. The molecule has 0 aliphatic carbocycles. The molecule has 1 unspecified atom stereocenters. The lowest BCUT2D eigenvalue weighted by atomic mass is 9.99. The fourth-order valence-corrected chi connectivity index (χ4v) is 2.63. The zero-order valence-electron chi connectivity index (χ0n) is 13.7. The standard InChI is InChI=1S/C16H20N6O/c1-8(5-13-9(2)19-20-10(13)3)16(23)18-12-6-14-11(4)21-22-15(14)17-7-12/h6-8H,5H2,1-4H3,(H,18,23)(H,19,20)(H,17,21,22). The second kappa shape index (κ2) is 5.83. The summed E-state index contributed by atoms with van der Waals surface area (Å²) in [6.45, 7) is 7.76. The van der Waals surface area contributed by atoms with Gasteiger partial charge in [0, 0.05) is 22.7 Å². The van der Waals surface area contributed by atoms with Crippen LogP contribution in [0.15, 0.2) is 12.3 Å². The van der Waals surface area contributed by atoms with Crippen LogP contribution < -0.4 is 5.32 Å². The molecule has 3 N–H and O–H groups in total. The number of H-pyrrole nitrogens is 2. The summed E-state index contributed by atoms with van der Waals surface area (Å²) in [7, 11) is 0. The van der Waals surface area contributed by atoms with Gasteiger partial charge in [-0.3, -0.25) is 15.0 Å². The summed E-state index contributed by atoms with van der Waals surface area (Å²) in [6.07, 6.45) is 2.28. The molecular weight excluding hydrogens is 292 g/mol. The van der Waals surface area contributed by atoms with E-state index in [4.69, 9.17) is 0 Å². The van der Waals surface area contributed by atoms with E-state index >= 15 is 0 Å². The van der Waals surface area contributed by atoms with Crippen molar-refractivity contribution >= 4 is 22.6 Å². The number of pyridine rings is 1. The Morgan fingerprint density at radius 3 is 2.65 bits per heavy atom. The number of rotatable bonds is 4. The monoisotopic (exact) mass is 312 g/mol. The number of nitrogens with one attached hydrogen (secondary N) is 3. The molecule has 0 radical (unpaired) electrons. The Labute approximate surface area is 133 Å². The smallest absolute Gasteiger partial charge is 0.227 e. The van der Waals surface area contributed by atoms with E-state index in [0.29, 0.717) is 17.8 Å². The van der Waals surface area contributed by atoms with Crippen molar-refractivity contribution in [1.29, 1.82) is 0 Å². The number of hydrogen-bond acceptors (Lipinski definition) is 4. The lowest BCUT2D eigenvalue weighted by Crippen LogP contribution is -2.22. The molecule has 0 saturated heterocycles. The third kappa shape index (κ3) is 2.94. The van der Waals surface area contributed by atoms with Crippen LogP contribution in [0.25, 0.3) is 11.0 Å². The van der Waals surface area contributed by atoms with Gasteiger partial charge in [0.2, 0.25) is 5.91 Å². The van der Waals surface area contributed by atoms with Gasteiger partial charge in [-0.25, -0.2) is 4.98 Å². The van der Waals surface area contributed by atoms with Gasteiger partial charge >= 0.3 is 0 Å². The van der Waals surface area contributed by atoms with Gasteiger partial charge in [-0.2, -0.15) is 10.2 Å². The third-order valence-corrected chi connectivity index (χ3v) is 4.11. The quantitative estimate of drug-likeness (QED) is 0.689. The van der Waals surface area contributed by atoms with Crippen molar-refractivity contribution < 1.29 is 4.79 Å². The molecule has 3 rings (SSSR count). The summed E-state index contributed by atoms with van der Waals surface area (Å²) in [5.41, 5.74) is 5.32. The van der Waals surface area contributed by atoms with Gasteiger partial charge in [-0.05, 0) is 38.8 Å². The molecule has 3 aromatic rings. The van der Waals surface area contributed by atoms with Gasteiger partial charge in [0.05, 0.1) is 17.6 Å². The average Bonchev–Trinajstić information content (AvgIpc) is 3.04. The number of amides is 1. The van der Waals surface area contributed by atoms with Crippen molar-refractivity contribution in [3.05, 3.63) is 34.9 Å². The predicted octanol–water partition coefficient (Wildman–Crippen LogP) is 2.42. The van der Waals surface area contributed by atoms with E-state index in [0.717, 1.165) is 28.0 Å². The number of carbonyl (C=O) groups is 1. The number of fused-ring (bicyclic) bond motifs is 1. The Kier molecular flexibility index (Phi) is 3.85. The number of anilines is 1. The van der Waals surface area contributed by atoms with Crippen LogP contribution in [0.2, 0.25) is 0 Å². The molecule has 7 heteroatoms. The first-order valence-corrected chi connectivity index (χ1v) is 7.57. The maximum Gasteiger partial charge on any atom is 0.227 e. The number of aryl methyl sites for hydroxylation is 3. The molecule has 0 aromatic carbocycles. The molecule has 0 fully saturated rings. The highest BCUT2D eigenvalue weighted by Crippen LogP contribution is 2.20. The van der Waals surface area contributed by atoms with Gasteiger partial charge in [0.25, 0.3) is 0 Å². The van der Waals surface area contributed by atoms with Crippen molar-refractivity contribution in [2.24, 2.45) is 5.92 Å². The minimum absolute atomic E-state index is 0.0349. The van der Waals surface area contributed by atoms with Crippen LogP contribution in [0.4, 0.5) is 5.69 Å². The number of carbonyl (C=O) groups excluding carboxylic acids is 1. The summed E-state index contributed by atoms with van der Waals surface area (Å²) in [6, 6.07) is 1.89. The van der Waals surface area contributed by atoms with E-state index in [1.54, 1.807) is 6.20 Å². The minimum atomic E-state index is -0.161. The number of aromatic nitrogens is 5. The maximum absolute atomic E-state index is 12.4. The zero-order chi connectivity index (χ0) is 16.6. The molecule has 0 bridgehead atoms. The van der Waals surface area contributed by atoms with Crippen molar-refractivity contribution in [3.8, 4) is 0 Å². The first-order valence-electron chi connectivity index (χ1n) is 7.57. The van der Waals surface area contributed by atoms with Crippen LogP contribution >= 0.6 is 0 Å². The molecule has 3 aromatic heterocycles. The van der Waals surface area contributed by atoms with Crippen molar-refractivity contribution in [3.63, 3.8) is 0 Å². The molecule has 7 nitrogen and oxygen atoms in total. The van der Waals surface area contributed by atoms with E-state index in [9.17, 15) is 4.79 Å². The molecule has 0 aliphatic heterocycles.